The van der Waals surface area contributed by atoms with Gasteiger partial charge in [-0.2, -0.15) is 6.08 Å². The second kappa shape index (κ2) is 7.72. The molecule has 2 unspecified atom stereocenters. The first-order valence-electron chi connectivity index (χ1n) is 6.75. The van der Waals surface area contributed by atoms with Crippen LogP contribution in [0.1, 0.15) is 32.6 Å². The van der Waals surface area contributed by atoms with E-state index in [0.717, 1.165) is 0 Å². The fourth-order valence-electron chi connectivity index (χ4n) is 2.89. The molecule has 0 bridgehead atoms. The van der Waals surface area contributed by atoms with Crippen LogP contribution in [-0.4, -0.2) is 23.8 Å². The third-order valence-electron chi connectivity index (χ3n) is 4.01. The number of likely N-dealkylation sites (tertiary alicyclic amines) is 1. The molecule has 2 atom stereocenters. The van der Waals surface area contributed by atoms with E-state index in [2.05, 4.69) is 24.9 Å². The van der Waals surface area contributed by atoms with Crippen molar-refractivity contribution < 1.29 is 25.2 Å². The normalized spacial score (nSPS) is 26.5. The Balaban J connectivity index is 0.00000180. The predicted molar refractivity (Wildman–Crippen MR) is 74.9 cm³/mol. The molecular formula is C16H22NOReRf-. The van der Waals surface area contributed by atoms with Gasteiger partial charge in [-0.1, -0.05) is 31.8 Å². The average Bonchev–Trinajstić information content (AvgIpc) is 2.67. The van der Waals surface area contributed by atoms with Crippen molar-refractivity contribution in [2.24, 2.45) is 5.92 Å². The first-order chi connectivity index (χ1) is 8.59. The van der Waals surface area contributed by atoms with Crippen molar-refractivity contribution in [2.75, 3.05) is 7.05 Å². The minimum absolute atomic E-state index is 0. The quantitative estimate of drug-likeness (QED) is 0.334. The Labute approximate surface area is 130 Å². The molecule has 0 aromatic carbocycles. The van der Waals surface area contributed by atoms with Gasteiger partial charge in [-0.25, -0.2) is 6.42 Å². The van der Waals surface area contributed by atoms with E-state index < -0.39 is 0 Å². The number of nitrogens with zero attached hydrogens (tertiary/aromatic N) is 1. The number of hydrogen-bond acceptors (Lipinski definition) is 2. The summed E-state index contributed by atoms with van der Waals surface area (Å²) in [5, 5.41) is 0. The van der Waals surface area contributed by atoms with Crippen molar-refractivity contribution in [1.29, 1.82) is 0 Å². The maximum Gasteiger partial charge on any atom is 0.179 e. The number of rotatable bonds is 3. The Morgan fingerprint density at radius 2 is 2.05 bits per heavy atom. The van der Waals surface area contributed by atoms with Gasteiger partial charge in [0, 0.05) is 33.5 Å². The van der Waals surface area contributed by atoms with Gasteiger partial charge in [0.2, 0.25) is 0 Å². The van der Waals surface area contributed by atoms with Crippen molar-refractivity contribution in [3.8, 4) is 0 Å². The fraction of sp³-hybridized carbons (Fsp3) is 0.500. The van der Waals surface area contributed by atoms with Crippen LogP contribution in [0.25, 0.3) is 0 Å². The number of fused-ring (bicyclic) bond motifs is 1. The molecule has 1 saturated heterocycles. The minimum Gasteiger partial charge on any atom is -0.405 e. The van der Waals surface area contributed by atoms with E-state index in [4.69, 9.17) is 0 Å². The molecule has 1 radical (unpaired) electrons. The van der Waals surface area contributed by atoms with E-state index >= 15 is 0 Å². The van der Waals surface area contributed by atoms with Crippen molar-refractivity contribution in [3.63, 3.8) is 0 Å². The van der Waals surface area contributed by atoms with Gasteiger partial charge in [-0.15, -0.1) is 11.8 Å². The van der Waals surface area contributed by atoms with Gasteiger partial charge in [0.05, 0.1) is 0 Å². The van der Waals surface area contributed by atoms with Crippen LogP contribution in [-0.2, 0) is 25.2 Å². The summed E-state index contributed by atoms with van der Waals surface area (Å²) in [6.45, 7) is 5.38. The average molecular weight is 698 g/mol. The van der Waals surface area contributed by atoms with Crippen LogP contribution in [0, 0.1) is 12.3 Å². The number of allylic oxidation sites excluding steroid dienone is 5. The predicted octanol–water partition coefficient (Wildman–Crippen LogP) is 3.28. The van der Waals surface area contributed by atoms with Crippen LogP contribution in [0.3, 0.4) is 0 Å². The van der Waals surface area contributed by atoms with Gasteiger partial charge < -0.3 is 4.90 Å². The van der Waals surface area contributed by atoms with Crippen LogP contribution in [0.15, 0.2) is 36.1 Å². The SMILES string of the molecule is C=C(C)C(=O)/C=C/C=C1/[CH-]C2CCCCC2N1C.[Re].[Rf]. The van der Waals surface area contributed by atoms with Gasteiger partial charge >= 0.3 is 0 Å². The number of hydrogen-bond donors (Lipinski definition) is 0. The maximum atomic E-state index is 11.4. The molecule has 107 valence electrons. The van der Waals surface area contributed by atoms with Crippen LogP contribution in [0.2, 0.25) is 0 Å². The van der Waals surface area contributed by atoms with Crippen LogP contribution in [0.4, 0.5) is 0 Å². The number of ketones is 1. The molecule has 1 saturated carbocycles. The molecule has 0 aromatic heterocycles. The summed E-state index contributed by atoms with van der Waals surface area (Å²) >= 11 is 0. The maximum absolute atomic E-state index is 11.4. The summed E-state index contributed by atoms with van der Waals surface area (Å²) < 4.78 is 0. The van der Waals surface area contributed by atoms with E-state index in [9.17, 15) is 4.79 Å². The van der Waals surface area contributed by atoms with E-state index in [1.807, 2.05) is 12.2 Å². The standard InChI is InChI=1S/C16H22NO.Re.Rf/c1-12(2)16(18)10-6-8-14-11-13-7-4-5-9-15(13)17(14)3;;/h6,8,10-11,13,15H,1,4-5,7,9H2,2-3H3;;/q-1;;/b10-6+,14-8-;;. The van der Waals surface area contributed by atoms with Crippen LogP contribution < -0.4 is 0 Å². The molecule has 4 heteroatoms. The third kappa shape index (κ3) is 3.86. The van der Waals surface area contributed by atoms with E-state index in [1.165, 1.54) is 31.4 Å². The summed E-state index contributed by atoms with van der Waals surface area (Å²) in [5.74, 6) is 0.713. The first kappa shape index (κ1) is 18.2. The van der Waals surface area contributed by atoms with Gasteiger partial charge in [0.25, 0.3) is 0 Å². The molecule has 2 nitrogen and oxygen atoms in total. The van der Waals surface area contributed by atoms with Crippen molar-refractivity contribution in [3.05, 3.63) is 42.5 Å². The van der Waals surface area contributed by atoms with Crippen molar-refractivity contribution in [2.45, 2.75) is 38.6 Å². The van der Waals surface area contributed by atoms with Crippen molar-refractivity contribution in [1.82, 2.24) is 4.90 Å². The molecule has 0 N–H and O–H groups in total. The topological polar surface area (TPSA) is 20.3 Å². The van der Waals surface area contributed by atoms with Crippen LogP contribution >= 0.6 is 0 Å². The third-order valence-corrected chi connectivity index (χ3v) is 4.01. The second-order valence-electron chi connectivity index (χ2n) is 5.39. The number of carbonyl (C=O) groups excluding carboxylic acids is 1. The Morgan fingerprint density at radius 1 is 1.40 bits per heavy atom. The molecular weight excluding hydrogens is 675 g/mol. The van der Waals surface area contributed by atoms with E-state index in [1.54, 1.807) is 13.0 Å². The summed E-state index contributed by atoms with van der Waals surface area (Å²) in [7, 11) is 2.16. The number of carbonyl (C=O) groups is 1. The Morgan fingerprint density at radius 3 is 2.65 bits per heavy atom. The Hall–Kier alpha value is -1.78. The summed E-state index contributed by atoms with van der Waals surface area (Å²) in [6, 6.07) is 0.676. The van der Waals surface area contributed by atoms with Crippen molar-refractivity contribution >= 4 is 5.78 Å². The first-order valence-corrected chi connectivity index (χ1v) is 6.75. The molecule has 2 rings (SSSR count). The summed E-state index contributed by atoms with van der Waals surface area (Å²) in [4.78, 5) is 13.8. The van der Waals surface area contributed by atoms with E-state index in [-0.39, 0.29) is 26.2 Å². The molecule has 20 heavy (non-hydrogen) atoms. The Kier molecular flexibility index (Phi) is 7.04. The van der Waals surface area contributed by atoms with Gasteiger partial charge in [-0.3, -0.25) is 4.79 Å². The van der Waals surface area contributed by atoms with E-state index in [0.29, 0.717) is 17.5 Å². The van der Waals surface area contributed by atoms with Crippen LogP contribution in [0.5, 0.6) is 0 Å². The molecule has 0 aromatic rings. The fourth-order valence-corrected chi connectivity index (χ4v) is 2.89. The van der Waals surface area contributed by atoms with Gasteiger partial charge in [-0.05, 0) is 25.0 Å². The largest absolute Gasteiger partial charge is 0.405 e. The molecule has 1 aliphatic heterocycles. The smallest absolute Gasteiger partial charge is 0.179 e. The zero-order valence-corrected chi connectivity index (χ0v) is 21.6. The Bertz CT molecular complexity index is 417. The minimum atomic E-state index is 0. The second-order valence-corrected chi connectivity index (χ2v) is 5.39. The molecule has 1 heterocycles. The molecule has 1 aliphatic carbocycles. The molecule has 0 spiro atoms. The van der Waals surface area contributed by atoms with Gasteiger partial charge in [0.15, 0.2) is 5.78 Å². The molecule has 0 amide bonds. The summed E-state index contributed by atoms with van der Waals surface area (Å²) in [5.41, 5.74) is 1.83. The monoisotopic (exact) mass is 698 g/mol. The zero-order valence-electron chi connectivity index (χ0n) is 12.4. The molecule has 2 fully saturated rings. The van der Waals surface area contributed by atoms with Gasteiger partial charge in [0.1, 0.15) is 0 Å². The molecule has 2 aliphatic rings. The zero-order chi connectivity index (χ0) is 13.1. The summed E-state index contributed by atoms with van der Waals surface area (Å²) in [6.07, 6.45) is 13.1.